The van der Waals surface area contributed by atoms with Crippen molar-refractivity contribution in [1.29, 1.82) is 0 Å². The van der Waals surface area contributed by atoms with Crippen molar-refractivity contribution in [1.82, 2.24) is 20.6 Å². The van der Waals surface area contributed by atoms with Gasteiger partial charge >= 0.3 is 6.18 Å². The van der Waals surface area contributed by atoms with Crippen molar-refractivity contribution in [2.24, 2.45) is 11.3 Å². The highest BCUT2D eigenvalue weighted by molar-refractivity contribution is 5.82. The van der Waals surface area contributed by atoms with Crippen molar-refractivity contribution < 1.29 is 18.0 Å². The molecule has 1 aliphatic carbocycles. The van der Waals surface area contributed by atoms with Gasteiger partial charge in [-0.3, -0.25) is 4.79 Å². The molecule has 0 radical (unpaired) electrons. The first-order chi connectivity index (χ1) is 11.4. The Kier molecular flexibility index (Phi) is 4.62. The van der Waals surface area contributed by atoms with Gasteiger partial charge < -0.3 is 16.0 Å². The van der Waals surface area contributed by atoms with Crippen LogP contribution in [-0.4, -0.2) is 42.1 Å². The number of hydrogen-bond acceptors (Lipinski definition) is 5. The standard InChI is InChI=1S/C15H20F3N5O/c16-15(17,18)11-1-4-21-13(23-11)22-8-7-20-12(24)10-9-14(10)2-5-19-6-3-14/h1,4,10,19H,2-3,5-9H2,(H,20,24)(H,21,22,23). The zero-order chi connectivity index (χ0) is 17.2. The number of rotatable bonds is 5. The first-order valence-electron chi connectivity index (χ1n) is 8.03. The molecule has 1 aromatic heterocycles. The molecule has 2 heterocycles. The Morgan fingerprint density at radius 1 is 1.33 bits per heavy atom. The molecule has 1 aliphatic heterocycles. The molecule has 1 amide bonds. The molecule has 6 nitrogen and oxygen atoms in total. The summed E-state index contributed by atoms with van der Waals surface area (Å²) >= 11 is 0. The molecular weight excluding hydrogens is 323 g/mol. The van der Waals surface area contributed by atoms with Gasteiger partial charge in [-0.25, -0.2) is 9.97 Å². The van der Waals surface area contributed by atoms with Crippen molar-refractivity contribution in [2.45, 2.75) is 25.4 Å². The van der Waals surface area contributed by atoms with E-state index in [0.717, 1.165) is 44.6 Å². The summed E-state index contributed by atoms with van der Waals surface area (Å²) in [6, 6.07) is 0.818. The van der Waals surface area contributed by atoms with Gasteiger partial charge in [0.1, 0.15) is 5.69 Å². The van der Waals surface area contributed by atoms with E-state index in [1.165, 1.54) is 0 Å². The van der Waals surface area contributed by atoms with E-state index in [1.807, 2.05) is 0 Å². The van der Waals surface area contributed by atoms with Crippen molar-refractivity contribution in [3.05, 3.63) is 18.0 Å². The number of aromatic nitrogens is 2. The number of nitrogens with one attached hydrogen (secondary N) is 3. The molecule has 2 aliphatic rings. The van der Waals surface area contributed by atoms with Crippen molar-refractivity contribution in [2.75, 3.05) is 31.5 Å². The Labute approximate surface area is 137 Å². The van der Waals surface area contributed by atoms with E-state index in [0.29, 0.717) is 6.54 Å². The summed E-state index contributed by atoms with van der Waals surface area (Å²) < 4.78 is 37.7. The second-order valence-corrected chi connectivity index (χ2v) is 6.35. The van der Waals surface area contributed by atoms with Gasteiger partial charge in [-0.1, -0.05) is 0 Å². The highest BCUT2D eigenvalue weighted by atomic mass is 19.4. The minimum Gasteiger partial charge on any atom is -0.354 e. The quantitative estimate of drug-likeness (QED) is 0.705. The maximum Gasteiger partial charge on any atom is 0.433 e. The lowest BCUT2D eigenvalue weighted by molar-refractivity contribution is -0.141. The first kappa shape index (κ1) is 16.9. The molecule has 1 unspecified atom stereocenters. The van der Waals surface area contributed by atoms with Gasteiger partial charge in [0.05, 0.1) is 0 Å². The predicted octanol–water partition coefficient (Wildman–Crippen LogP) is 1.41. The molecule has 24 heavy (non-hydrogen) atoms. The summed E-state index contributed by atoms with van der Waals surface area (Å²) in [4.78, 5) is 19.3. The Morgan fingerprint density at radius 3 is 2.79 bits per heavy atom. The fourth-order valence-corrected chi connectivity index (χ4v) is 3.28. The van der Waals surface area contributed by atoms with Crippen LogP contribution >= 0.6 is 0 Å². The largest absolute Gasteiger partial charge is 0.433 e. The third-order valence-corrected chi connectivity index (χ3v) is 4.76. The average molecular weight is 343 g/mol. The zero-order valence-corrected chi connectivity index (χ0v) is 13.1. The van der Waals surface area contributed by atoms with Gasteiger partial charge in [0, 0.05) is 25.2 Å². The van der Waals surface area contributed by atoms with Gasteiger partial charge in [-0.15, -0.1) is 0 Å². The van der Waals surface area contributed by atoms with Crippen LogP contribution in [0.2, 0.25) is 0 Å². The Bertz CT molecular complexity index is 601. The number of anilines is 1. The van der Waals surface area contributed by atoms with Gasteiger partial charge in [-0.05, 0) is 43.8 Å². The average Bonchev–Trinajstić information content (AvgIpc) is 3.25. The topological polar surface area (TPSA) is 78.9 Å². The predicted molar refractivity (Wildman–Crippen MR) is 81.2 cm³/mol. The molecule has 132 valence electrons. The lowest BCUT2D eigenvalue weighted by Gasteiger charge is -2.23. The molecule has 0 bridgehead atoms. The third-order valence-electron chi connectivity index (χ3n) is 4.76. The Balaban J connectivity index is 1.41. The van der Waals surface area contributed by atoms with Gasteiger partial charge in [0.2, 0.25) is 11.9 Å². The van der Waals surface area contributed by atoms with Crippen LogP contribution in [0.5, 0.6) is 0 Å². The van der Waals surface area contributed by atoms with Crippen LogP contribution < -0.4 is 16.0 Å². The van der Waals surface area contributed by atoms with E-state index in [4.69, 9.17) is 0 Å². The number of carbonyl (C=O) groups is 1. The molecule has 3 rings (SSSR count). The third kappa shape index (κ3) is 3.77. The number of piperidine rings is 1. The minimum absolute atomic E-state index is 0.0312. The van der Waals surface area contributed by atoms with Crippen molar-refractivity contribution in [3.63, 3.8) is 0 Å². The van der Waals surface area contributed by atoms with E-state index in [2.05, 4.69) is 25.9 Å². The van der Waals surface area contributed by atoms with Crippen LogP contribution in [0.1, 0.15) is 25.0 Å². The molecular formula is C15H20F3N5O. The number of alkyl halides is 3. The van der Waals surface area contributed by atoms with Crippen molar-refractivity contribution in [3.8, 4) is 0 Å². The number of carbonyl (C=O) groups excluding carboxylic acids is 1. The fourth-order valence-electron chi connectivity index (χ4n) is 3.28. The van der Waals surface area contributed by atoms with E-state index in [-0.39, 0.29) is 29.7 Å². The summed E-state index contributed by atoms with van der Waals surface area (Å²) in [7, 11) is 0. The monoisotopic (exact) mass is 343 g/mol. The molecule has 1 spiro atoms. The maximum absolute atomic E-state index is 12.6. The SMILES string of the molecule is O=C(NCCNc1nccc(C(F)(F)F)n1)C1CC12CCNCC2. The summed E-state index contributed by atoms with van der Waals surface area (Å²) in [5.74, 6) is 0.00777. The molecule has 1 saturated carbocycles. The van der Waals surface area contributed by atoms with E-state index < -0.39 is 11.9 Å². The molecule has 0 aromatic carbocycles. The zero-order valence-electron chi connectivity index (χ0n) is 13.1. The highest BCUT2D eigenvalue weighted by Gasteiger charge is 2.57. The second-order valence-electron chi connectivity index (χ2n) is 6.35. The van der Waals surface area contributed by atoms with Crippen LogP contribution in [0.3, 0.4) is 0 Å². The van der Waals surface area contributed by atoms with Gasteiger partial charge in [-0.2, -0.15) is 13.2 Å². The second kappa shape index (κ2) is 6.54. The normalized spacial score (nSPS) is 22.2. The molecule has 2 fully saturated rings. The van der Waals surface area contributed by atoms with Crippen LogP contribution in [0.25, 0.3) is 0 Å². The molecule has 1 saturated heterocycles. The van der Waals surface area contributed by atoms with Crippen LogP contribution in [0.4, 0.5) is 19.1 Å². The van der Waals surface area contributed by atoms with E-state index in [9.17, 15) is 18.0 Å². The van der Waals surface area contributed by atoms with Crippen LogP contribution in [0.15, 0.2) is 12.3 Å². The number of nitrogens with zero attached hydrogens (tertiary/aromatic N) is 2. The summed E-state index contributed by atoms with van der Waals surface area (Å²) in [5, 5.41) is 8.82. The minimum atomic E-state index is -4.50. The number of amides is 1. The highest BCUT2D eigenvalue weighted by Crippen LogP contribution is 2.58. The number of halogens is 3. The summed E-state index contributed by atoms with van der Waals surface area (Å²) in [5.41, 5.74) is -0.817. The lowest BCUT2D eigenvalue weighted by atomic mass is 9.92. The maximum atomic E-state index is 12.6. The molecule has 9 heteroatoms. The van der Waals surface area contributed by atoms with Crippen LogP contribution in [-0.2, 0) is 11.0 Å². The summed E-state index contributed by atoms with van der Waals surface area (Å²) in [6.45, 7) is 2.51. The first-order valence-corrected chi connectivity index (χ1v) is 8.03. The van der Waals surface area contributed by atoms with Crippen LogP contribution in [0, 0.1) is 11.3 Å². The fraction of sp³-hybridized carbons (Fsp3) is 0.667. The number of hydrogen-bond donors (Lipinski definition) is 3. The van der Waals surface area contributed by atoms with E-state index >= 15 is 0 Å². The Morgan fingerprint density at radius 2 is 2.08 bits per heavy atom. The van der Waals surface area contributed by atoms with Gasteiger partial charge in [0.25, 0.3) is 0 Å². The lowest BCUT2D eigenvalue weighted by Crippen LogP contribution is -2.35. The smallest absolute Gasteiger partial charge is 0.354 e. The van der Waals surface area contributed by atoms with Crippen molar-refractivity contribution >= 4 is 11.9 Å². The Hall–Kier alpha value is -1.90. The molecule has 1 aromatic rings. The summed E-state index contributed by atoms with van der Waals surface area (Å²) in [6.07, 6.45) is -0.446. The molecule has 3 N–H and O–H groups in total. The molecule has 1 atom stereocenters. The van der Waals surface area contributed by atoms with Gasteiger partial charge in [0.15, 0.2) is 0 Å². The van der Waals surface area contributed by atoms with E-state index in [1.54, 1.807) is 0 Å².